The lowest BCUT2D eigenvalue weighted by atomic mass is 9.83. The highest BCUT2D eigenvalue weighted by atomic mass is 19.3. The number of fused-ring (bicyclic) bond motifs is 1. The molecule has 1 amide bonds. The van der Waals surface area contributed by atoms with E-state index in [1.807, 2.05) is 42.5 Å². The van der Waals surface area contributed by atoms with Gasteiger partial charge in [-0.05, 0) is 45.2 Å². The van der Waals surface area contributed by atoms with Crippen molar-refractivity contribution in [1.82, 2.24) is 14.5 Å². The molecule has 1 aromatic heterocycles. The second-order valence-corrected chi connectivity index (χ2v) is 11.3. The summed E-state index contributed by atoms with van der Waals surface area (Å²) in [5, 5.41) is 3.35. The SMILES string of the molecule is C[C@@H]1CN(C(=O)OC(C)(C)C)C[C@H](CCCOc2cc(NCc3ccccc3)cc3[nH]c(=O)n(C)c23)C1(F)F. The lowest BCUT2D eigenvalue weighted by Gasteiger charge is -2.42. The number of hydrogen-bond acceptors (Lipinski definition) is 5. The lowest BCUT2D eigenvalue weighted by molar-refractivity contribution is -0.145. The van der Waals surface area contributed by atoms with Crippen molar-refractivity contribution in [3.63, 3.8) is 0 Å². The minimum atomic E-state index is -2.91. The van der Waals surface area contributed by atoms with Gasteiger partial charge in [-0.3, -0.25) is 4.57 Å². The molecule has 2 aromatic carbocycles. The Labute approximate surface area is 227 Å². The number of rotatable bonds is 8. The second kappa shape index (κ2) is 11.3. The maximum Gasteiger partial charge on any atom is 0.410 e. The number of carbonyl (C=O) groups excluding carboxylic acids is 1. The Hall–Kier alpha value is -3.56. The summed E-state index contributed by atoms with van der Waals surface area (Å²) in [6, 6.07) is 13.6. The van der Waals surface area contributed by atoms with E-state index in [9.17, 15) is 9.59 Å². The molecule has 2 heterocycles. The van der Waals surface area contributed by atoms with E-state index in [-0.39, 0.29) is 31.8 Å². The second-order valence-electron chi connectivity index (χ2n) is 11.3. The monoisotopic (exact) mass is 544 g/mol. The number of alkyl halides is 2. The number of aromatic amines is 1. The van der Waals surface area contributed by atoms with Crippen molar-refractivity contribution in [1.29, 1.82) is 0 Å². The Kier molecular flexibility index (Phi) is 8.23. The van der Waals surface area contributed by atoms with Gasteiger partial charge in [0.2, 0.25) is 0 Å². The molecule has 0 saturated carbocycles. The van der Waals surface area contributed by atoms with E-state index in [1.54, 1.807) is 27.8 Å². The van der Waals surface area contributed by atoms with Gasteiger partial charge in [-0.1, -0.05) is 37.3 Å². The number of aryl methyl sites for hydroxylation is 1. The molecule has 0 spiro atoms. The molecule has 39 heavy (non-hydrogen) atoms. The Morgan fingerprint density at radius 2 is 1.90 bits per heavy atom. The minimum absolute atomic E-state index is 0.0445. The van der Waals surface area contributed by atoms with Gasteiger partial charge in [0.15, 0.2) is 0 Å². The fourth-order valence-electron chi connectivity index (χ4n) is 4.95. The Morgan fingerprint density at radius 3 is 2.59 bits per heavy atom. The largest absolute Gasteiger partial charge is 0.491 e. The molecule has 8 nitrogen and oxygen atoms in total. The van der Waals surface area contributed by atoms with E-state index in [2.05, 4.69) is 10.3 Å². The highest BCUT2D eigenvalue weighted by Gasteiger charge is 2.50. The summed E-state index contributed by atoms with van der Waals surface area (Å²) in [5.41, 5.74) is 2.13. The first-order valence-corrected chi connectivity index (χ1v) is 13.3. The molecule has 0 bridgehead atoms. The number of piperidine rings is 1. The van der Waals surface area contributed by atoms with Crippen LogP contribution in [0.3, 0.4) is 0 Å². The van der Waals surface area contributed by atoms with Gasteiger partial charge in [0.25, 0.3) is 5.92 Å². The van der Waals surface area contributed by atoms with E-state index < -0.39 is 29.5 Å². The van der Waals surface area contributed by atoms with Crippen LogP contribution in [0.2, 0.25) is 0 Å². The smallest absolute Gasteiger partial charge is 0.410 e. The van der Waals surface area contributed by atoms with Crippen LogP contribution in [0.4, 0.5) is 19.3 Å². The average Bonchev–Trinajstić information content (AvgIpc) is 3.15. The van der Waals surface area contributed by atoms with Gasteiger partial charge in [0.1, 0.15) is 16.9 Å². The summed E-state index contributed by atoms with van der Waals surface area (Å²) in [4.78, 5) is 29.1. The van der Waals surface area contributed by atoms with Crippen LogP contribution in [0.5, 0.6) is 5.75 Å². The van der Waals surface area contributed by atoms with Crippen molar-refractivity contribution < 1.29 is 23.0 Å². The minimum Gasteiger partial charge on any atom is -0.491 e. The fourth-order valence-corrected chi connectivity index (χ4v) is 4.95. The topological polar surface area (TPSA) is 88.6 Å². The van der Waals surface area contributed by atoms with Crippen LogP contribution in [-0.4, -0.2) is 51.8 Å². The number of amides is 1. The predicted molar refractivity (Wildman–Crippen MR) is 147 cm³/mol. The van der Waals surface area contributed by atoms with E-state index in [1.165, 1.54) is 16.4 Å². The van der Waals surface area contributed by atoms with Crippen LogP contribution in [0.1, 0.15) is 46.1 Å². The summed E-state index contributed by atoms with van der Waals surface area (Å²) in [6.07, 6.45) is -0.0317. The van der Waals surface area contributed by atoms with Gasteiger partial charge in [0, 0.05) is 50.3 Å². The molecule has 2 N–H and O–H groups in total. The summed E-state index contributed by atoms with van der Waals surface area (Å²) in [7, 11) is 1.65. The van der Waals surface area contributed by atoms with Crippen molar-refractivity contribution in [3.05, 3.63) is 58.5 Å². The molecule has 4 rings (SSSR count). The maximum absolute atomic E-state index is 15.1. The molecule has 0 unspecified atom stereocenters. The molecule has 2 atom stereocenters. The Balaban J connectivity index is 1.43. The number of H-pyrrole nitrogens is 1. The van der Waals surface area contributed by atoms with Gasteiger partial charge in [-0.25, -0.2) is 18.4 Å². The van der Waals surface area contributed by atoms with E-state index in [0.29, 0.717) is 29.7 Å². The summed E-state index contributed by atoms with van der Waals surface area (Å²) < 4.78 is 43.1. The first-order chi connectivity index (χ1) is 18.3. The fraction of sp³-hybridized carbons (Fsp3) is 0.517. The zero-order valence-electron chi connectivity index (χ0n) is 23.2. The summed E-state index contributed by atoms with van der Waals surface area (Å²) in [5.74, 6) is -4.40. The molecule has 10 heteroatoms. The van der Waals surface area contributed by atoms with Gasteiger partial charge in [0.05, 0.1) is 12.1 Å². The normalized spacial score (nSPS) is 19.2. The standard InChI is InChI=1S/C29H38F2N4O4/c1-19-17-35(27(37)39-28(2,3)4)18-21(29(19,30)31)12-9-13-38-24-15-22(32-16-20-10-7-6-8-11-20)14-23-25(24)34(5)26(36)33-23/h6-8,10-11,14-15,19,21,32H,9,12-13,16-18H2,1-5H3,(H,33,36)/t19-,21+/m1/s1. The number of nitrogens with zero attached hydrogens (tertiary/aromatic N) is 2. The van der Waals surface area contributed by atoms with Crippen LogP contribution >= 0.6 is 0 Å². The lowest BCUT2D eigenvalue weighted by Crippen LogP contribution is -2.55. The number of likely N-dealkylation sites (tertiary alicyclic amines) is 1. The number of anilines is 1. The van der Waals surface area contributed by atoms with Crippen LogP contribution in [0.15, 0.2) is 47.3 Å². The van der Waals surface area contributed by atoms with Crippen molar-refractivity contribution in [2.75, 3.05) is 25.0 Å². The third kappa shape index (κ3) is 6.72. The molecule has 0 radical (unpaired) electrons. The predicted octanol–water partition coefficient (Wildman–Crippen LogP) is 5.78. The number of nitrogens with one attached hydrogen (secondary N) is 2. The van der Waals surface area contributed by atoms with Gasteiger partial charge >= 0.3 is 11.8 Å². The van der Waals surface area contributed by atoms with Crippen LogP contribution in [-0.2, 0) is 18.3 Å². The molecule has 1 aliphatic rings. The zero-order chi connectivity index (χ0) is 28.4. The van der Waals surface area contributed by atoms with Crippen LogP contribution in [0.25, 0.3) is 11.0 Å². The first-order valence-electron chi connectivity index (χ1n) is 13.3. The number of ether oxygens (including phenoxy) is 2. The van der Waals surface area contributed by atoms with Crippen LogP contribution in [0, 0.1) is 11.8 Å². The Morgan fingerprint density at radius 1 is 1.18 bits per heavy atom. The molecule has 212 valence electrons. The van der Waals surface area contributed by atoms with Gasteiger partial charge < -0.3 is 24.7 Å². The number of aromatic nitrogens is 2. The number of imidazole rings is 1. The molecular weight excluding hydrogens is 506 g/mol. The van der Waals surface area contributed by atoms with Gasteiger partial charge in [-0.2, -0.15) is 0 Å². The maximum atomic E-state index is 15.1. The van der Waals surface area contributed by atoms with Crippen molar-refractivity contribution >= 4 is 22.8 Å². The third-order valence-electron chi connectivity index (χ3n) is 7.04. The molecular formula is C29H38F2N4O4. The molecule has 1 aliphatic heterocycles. The number of carbonyl (C=O) groups is 1. The summed E-state index contributed by atoms with van der Waals surface area (Å²) in [6.45, 7) is 7.40. The Bertz CT molecular complexity index is 1350. The summed E-state index contributed by atoms with van der Waals surface area (Å²) >= 11 is 0. The highest BCUT2D eigenvalue weighted by molar-refractivity contribution is 5.86. The van der Waals surface area contributed by atoms with Crippen molar-refractivity contribution in [2.45, 2.75) is 58.6 Å². The van der Waals surface area contributed by atoms with E-state index in [0.717, 1.165) is 11.3 Å². The zero-order valence-corrected chi connectivity index (χ0v) is 23.2. The van der Waals surface area contributed by atoms with Crippen LogP contribution < -0.4 is 15.7 Å². The average molecular weight is 545 g/mol. The molecule has 3 aromatic rings. The van der Waals surface area contributed by atoms with Gasteiger partial charge in [-0.15, -0.1) is 0 Å². The highest BCUT2D eigenvalue weighted by Crippen LogP contribution is 2.40. The van der Waals surface area contributed by atoms with Crippen molar-refractivity contribution in [3.8, 4) is 5.75 Å². The van der Waals surface area contributed by atoms with Crippen molar-refractivity contribution in [2.24, 2.45) is 18.9 Å². The molecule has 1 saturated heterocycles. The third-order valence-corrected chi connectivity index (χ3v) is 7.04. The quantitative estimate of drug-likeness (QED) is 0.351. The molecule has 0 aliphatic carbocycles. The van der Waals surface area contributed by atoms with E-state index in [4.69, 9.17) is 9.47 Å². The molecule has 1 fully saturated rings. The number of hydrogen-bond donors (Lipinski definition) is 2. The van der Waals surface area contributed by atoms with E-state index >= 15 is 8.78 Å². The first kappa shape index (κ1) is 28.4. The number of benzene rings is 2. The number of halogens is 2.